The van der Waals surface area contributed by atoms with E-state index in [1.165, 1.54) is 0 Å². The second-order valence-corrected chi connectivity index (χ2v) is 5.85. The first-order valence-corrected chi connectivity index (χ1v) is 6.27. The monoisotopic (exact) mass is 218 g/mol. The van der Waals surface area contributed by atoms with Crippen LogP contribution in [0.1, 0.15) is 12.8 Å². The highest BCUT2D eigenvalue weighted by Gasteiger charge is 2.28. The number of nitrogens with one attached hydrogen (secondary N) is 2. The first kappa shape index (κ1) is 9.75. The summed E-state index contributed by atoms with van der Waals surface area (Å²) >= 11 is 0. The average molecular weight is 218 g/mol. The maximum atomic E-state index is 11.2. The van der Waals surface area contributed by atoms with Crippen LogP contribution in [-0.4, -0.2) is 26.0 Å². The van der Waals surface area contributed by atoms with Gasteiger partial charge in [-0.25, -0.2) is 8.42 Å². The Balaban J connectivity index is 1.96. The van der Waals surface area contributed by atoms with Crippen molar-refractivity contribution in [3.05, 3.63) is 23.4 Å². The van der Waals surface area contributed by atoms with Crippen LogP contribution in [0.25, 0.3) is 11.3 Å². The van der Waals surface area contributed by atoms with Crippen LogP contribution in [0.4, 0.5) is 0 Å². The SMILES string of the molecule is [NH-]C1=C[NH+](C2CCS(=O)(=O)CC2)[N-]O1. The predicted molar refractivity (Wildman–Crippen MR) is 49.5 cm³/mol. The fourth-order valence-corrected chi connectivity index (χ4v) is 3.16. The van der Waals surface area contributed by atoms with Crippen molar-refractivity contribution in [1.82, 2.24) is 0 Å². The fraction of sp³-hybridized carbons (Fsp3) is 0.714. The Morgan fingerprint density at radius 1 is 1.50 bits per heavy atom. The summed E-state index contributed by atoms with van der Waals surface area (Å²) in [5.74, 6) is 0.476. The van der Waals surface area contributed by atoms with E-state index in [1.54, 1.807) is 6.20 Å². The third-order valence-corrected chi connectivity index (χ3v) is 4.22. The van der Waals surface area contributed by atoms with Crippen LogP contribution in [0, 0.1) is 0 Å². The Labute approximate surface area is 82.5 Å². The van der Waals surface area contributed by atoms with Gasteiger partial charge in [-0.1, -0.05) is 0 Å². The van der Waals surface area contributed by atoms with Gasteiger partial charge >= 0.3 is 0 Å². The van der Waals surface area contributed by atoms with Crippen molar-refractivity contribution in [2.75, 3.05) is 11.5 Å². The van der Waals surface area contributed by atoms with Crippen LogP contribution < -0.4 is 5.01 Å². The first-order chi connectivity index (χ1) is 6.57. The molecule has 0 radical (unpaired) electrons. The van der Waals surface area contributed by atoms with E-state index in [0.29, 0.717) is 17.9 Å². The molecule has 6 nitrogen and oxygen atoms in total. The molecule has 2 aliphatic rings. The molecule has 0 amide bonds. The van der Waals surface area contributed by atoms with Gasteiger partial charge in [0.05, 0.1) is 17.5 Å². The molecule has 1 fully saturated rings. The van der Waals surface area contributed by atoms with Gasteiger partial charge in [-0.3, -0.25) is 5.59 Å². The number of nitrogens with zero attached hydrogens (tertiary/aromatic N) is 1. The van der Waals surface area contributed by atoms with Crippen LogP contribution in [0.3, 0.4) is 0 Å². The number of hydrogen-bond acceptors (Lipinski definition) is 3. The molecule has 7 heteroatoms. The molecule has 80 valence electrons. The lowest BCUT2D eigenvalue weighted by molar-refractivity contribution is -0.843. The Morgan fingerprint density at radius 3 is 2.64 bits per heavy atom. The van der Waals surface area contributed by atoms with Gasteiger partial charge < -0.3 is 15.6 Å². The minimum atomic E-state index is -2.82. The molecule has 14 heavy (non-hydrogen) atoms. The molecule has 0 spiro atoms. The third kappa shape index (κ3) is 1.99. The molecule has 2 rings (SSSR count). The molecular weight excluding hydrogens is 206 g/mol. The van der Waals surface area contributed by atoms with Crippen molar-refractivity contribution in [2.24, 2.45) is 0 Å². The van der Waals surface area contributed by atoms with E-state index in [1.807, 2.05) is 0 Å². The molecule has 0 aliphatic carbocycles. The minimum absolute atomic E-state index is 0.0356. The van der Waals surface area contributed by atoms with E-state index in [4.69, 9.17) is 5.73 Å². The zero-order valence-electron chi connectivity index (χ0n) is 7.56. The largest absolute Gasteiger partial charge is 0.665 e. The Bertz CT molecular complexity index is 337. The van der Waals surface area contributed by atoms with E-state index in [0.717, 1.165) is 0 Å². The molecule has 0 saturated carbocycles. The summed E-state index contributed by atoms with van der Waals surface area (Å²) < 4.78 is 22.3. The standard InChI is InChI=1S/C7H12N3O3S/c8-7-5-10(9-13-7)6-1-3-14(11,12)4-2-6/h5-6,8,10H,1-4H2/q-1. The fourth-order valence-electron chi connectivity index (χ4n) is 1.67. The Hall–Kier alpha value is -0.790. The van der Waals surface area contributed by atoms with Crippen LogP contribution in [0.5, 0.6) is 0 Å². The zero-order chi connectivity index (χ0) is 10.2. The molecule has 0 aromatic carbocycles. The predicted octanol–water partition coefficient (Wildman–Crippen LogP) is -0.467. The van der Waals surface area contributed by atoms with Crippen molar-refractivity contribution in [2.45, 2.75) is 18.9 Å². The number of quaternary nitrogens is 1. The third-order valence-electron chi connectivity index (χ3n) is 2.50. The van der Waals surface area contributed by atoms with Crippen LogP contribution >= 0.6 is 0 Å². The normalized spacial score (nSPS) is 32.3. The van der Waals surface area contributed by atoms with E-state index < -0.39 is 9.84 Å². The number of hydrogen-bond donors (Lipinski definition) is 1. The smallest absolute Gasteiger partial charge is 0.150 e. The Morgan fingerprint density at radius 2 is 2.14 bits per heavy atom. The van der Waals surface area contributed by atoms with Gasteiger partial charge in [0.15, 0.2) is 9.84 Å². The lowest BCUT2D eigenvalue weighted by Crippen LogP contribution is -3.07. The highest BCUT2D eigenvalue weighted by Crippen LogP contribution is 2.13. The molecular formula is C7H12N3O3S-. The summed E-state index contributed by atoms with van der Waals surface area (Å²) in [5.41, 5.74) is 10.9. The molecule has 1 unspecified atom stereocenters. The average Bonchev–Trinajstić information content (AvgIpc) is 2.52. The topological polar surface area (TPSA) is 85.7 Å². The van der Waals surface area contributed by atoms with Gasteiger partial charge in [-0.2, -0.15) is 0 Å². The summed E-state index contributed by atoms with van der Waals surface area (Å²) in [6, 6.07) is 0.140. The van der Waals surface area contributed by atoms with Crippen LogP contribution in [0.15, 0.2) is 12.1 Å². The Kier molecular flexibility index (Phi) is 2.38. The van der Waals surface area contributed by atoms with Gasteiger partial charge in [0.1, 0.15) is 6.20 Å². The summed E-state index contributed by atoms with van der Waals surface area (Å²) in [7, 11) is -2.82. The van der Waals surface area contributed by atoms with Gasteiger partial charge in [0.2, 0.25) is 0 Å². The van der Waals surface area contributed by atoms with Gasteiger partial charge in [0.25, 0.3) is 0 Å². The van der Waals surface area contributed by atoms with Gasteiger partial charge in [-0.05, 0) is 0 Å². The van der Waals surface area contributed by atoms with Crippen molar-refractivity contribution in [3.8, 4) is 0 Å². The van der Waals surface area contributed by atoms with Crippen molar-refractivity contribution in [3.63, 3.8) is 0 Å². The quantitative estimate of drug-likeness (QED) is 0.645. The molecule has 0 aromatic rings. The van der Waals surface area contributed by atoms with Crippen LogP contribution in [-0.2, 0) is 14.7 Å². The van der Waals surface area contributed by atoms with Crippen LogP contribution in [0.2, 0.25) is 0 Å². The summed E-state index contributed by atoms with van der Waals surface area (Å²) in [4.78, 5) is 4.64. The summed E-state index contributed by atoms with van der Waals surface area (Å²) in [5, 5.41) is 0.713. The van der Waals surface area contributed by atoms with Crippen molar-refractivity contribution >= 4 is 9.84 Å². The van der Waals surface area contributed by atoms with E-state index in [-0.39, 0.29) is 23.4 Å². The maximum Gasteiger partial charge on any atom is 0.150 e. The van der Waals surface area contributed by atoms with Crippen molar-refractivity contribution in [1.29, 1.82) is 0 Å². The minimum Gasteiger partial charge on any atom is -0.665 e. The highest BCUT2D eigenvalue weighted by molar-refractivity contribution is 7.91. The number of sulfone groups is 1. The molecule has 2 heterocycles. The van der Waals surface area contributed by atoms with Gasteiger partial charge in [-0.15, -0.1) is 0 Å². The summed E-state index contributed by atoms with van der Waals surface area (Å²) in [6.45, 7) is 0. The second-order valence-electron chi connectivity index (χ2n) is 3.54. The lowest BCUT2D eigenvalue weighted by Gasteiger charge is -2.31. The lowest BCUT2D eigenvalue weighted by atomic mass is 10.1. The number of rotatable bonds is 1. The van der Waals surface area contributed by atoms with E-state index in [9.17, 15) is 8.42 Å². The maximum absolute atomic E-state index is 11.2. The highest BCUT2D eigenvalue weighted by atomic mass is 32.2. The first-order valence-electron chi connectivity index (χ1n) is 4.45. The molecule has 2 N–H and O–H groups in total. The molecule has 0 bridgehead atoms. The van der Waals surface area contributed by atoms with Crippen molar-refractivity contribution < 1.29 is 18.3 Å². The van der Waals surface area contributed by atoms with Gasteiger partial charge in [0, 0.05) is 18.7 Å². The van der Waals surface area contributed by atoms with E-state index >= 15 is 0 Å². The molecule has 0 aromatic heterocycles. The molecule has 1 saturated heterocycles. The molecule has 1 atom stereocenters. The van der Waals surface area contributed by atoms with E-state index in [2.05, 4.69) is 10.4 Å². The molecule has 2 aliphatic heterocycles. The zero-order valence-corrected chi connectivity index (χ0v) is 8.38. The summed E-state index contributed by atoms with van der Waals surface area (Å²) in [6.07, 6.45) is 2.74. The second kappa shape index (κ2) is 3.41.